The summed E-state index contributed by atoms with van der Waals surface area (Å²) in [5, 5.41) is 0. The van der Waals surface area contributed by atoms with Gasteiger partial charge in [-0.05, 0) is 24.3 Å². The van der Waals surface area contributed by atoms with E-state index in [0.717, 1.165) is 22.8 Å². The van der Waals surface area contributed by atoms with Gasteiger partial charge < -0.3 is 9.47 Å². The summed E-state index contributed by atoms with van der Waals surface area (Å²) < 4.78 is 23.5. The minimum absolute atomic E-state index is 0.403. The van der Waals surface area contributed by atoms with Crippen LogP contribution in [-0.4, -0.2) is 22.4 Å². The van der Waals surface area contributed by atoms with Gasteiger partial charge in [0.05, 0.1) is 35.5 Å². The number of aromatic nitrogens is 1. The predicted molar refractivity (Wildman–Crippen MR) is 76.4 cm³/mol. The van der Waals surface area contributed by atoms with Gasteiger partial charge in [-0.25, -0.2) is 0 Å². The van der Waals surface area contributed by atoms with Crippen molar-refractivity contribution in [3.63, 3.8) is 0 Å². The fraction of sp³-hybridized carbons (Fsp3) is 0.267. The van der Waals surface area contributed by atoms with E-state index in [0.29, 0.717) is 24.7 Å². The summed E-state index contributed by atoms with van der Waals surface area (Å²) in [5.74, 6) is 1.80. The minimum Gasteiger partial charge on any atom is -0.490 e. The van der Waals surface area contributed by atoms with E-state index in [4.69, 9.17) is 9.47 Å². The van der Waals surface area contributed by atoms with Crippen LogP contribution in [0.1, 0.15) is 12.1 Å². The van der Waals surface area contributed by atoms with Gasteiger partial charge in [-0.15, -0.1) is 0 Å². The molecule has 0 aliphatic carbocycles. The molecule has 1 aliphatic rings. The molecule has 1 atom stereocenters. The normalized spacial score (nSPS) is 15.4. The Kier molecular flexibility index (Phi) is 3.97. The van der Waals surface area contributed by atoms with E-state index in [-0.39, 0.29) is 0 Å². The molecule has 0 spiro atoms. The molecular formula is C15H15NO3S. The topological polar surface area (TPSA) is 48.4 Å². The molecule has 3 rings (SSSR count). The molecule has 1 aromatic carbocycles. The van der Waals surface area contributed by atoms with Crippen LogP contribution >= 0.6 is 0 Å². The maximum Gasteiger partial charge on any atom is 0.162 e. The first-order valence-electron chi connectivity index (χ1n) is 6.51. The second-order valence-corrected chi connectivity index (χ2v) is 5.92. The molecule has 5 heteroatoms. The number of rotatable bonds is 3. The smallest absolute Gasteiger partial charge is 0.162 e. The molecule has 1 aliphatic heterocycles. The molecule has 1 aromatic heterocycles. The zero-order chi connectivity index (χ0) is 13.8. The summed E-state index contributed by atoms with van der Waals surface area (Å²) in [7, 11) is -1.14. The molecule has 0 bridgehead atoms. The highest BCUT2D eigenvalue weighted by Gasteiger charge is 2.13. The van der Waals surface area contributed by atoms with E-state index in [1.165, 1.54) is 0 Å². The van der Waals surface area contributed by atoms with Gasteiger partial charge in [0.25, 0.3) is 0 Å². The number of ether oxygens (including phenoxy) is 2. The first kappa shape index (κ1) is 13.1. The largest absolute Gasteiger partial charge is 0.490 e. The van der Waals surface area contributed by atoms with Crippen LogP contribution in [0.4, 0.5) is 0 Å². The lowest BCUT2D eigenvalue weighted by molar-refractivity contribution is 0.297. The molecular weight excluding hydrogens is 274 g/mol. The quantitative estimate of drug-likeness (QED) is 0.871. The summed E-state index contributed by atoms with van der Waals surface area (Å²) in [6.07, 6.45) is 2.57. The minimum atomic E-state index is -1.14. The summed E-state index contributed by atoms with van der Waals surface area (Å²) in [6, 6.07) is 11.1. The molecule has 0 fully saturated rings. The van der Waals surface area contributed by atoms with Crippen LogP contribution in [0, 0.1) is 0 Å². The maximum atomic E-state index is 12.4. The van der Waals surface area contributed by atoms with Crippen LogP contribution in [0.3, 0.4) is 0 Å². The fourth-order valence-corrected chi connectivity index (χ4v) is 3.05. The average Bonchev–Trinajstić information content (AvgIpc) is 2.72. The molecule has 0 radical (unpaired) electrons. The summed E-state index contributed by atoms with van der Waals surface area (Å²) in [6.45, 7) is 1.28. The standard InChI is InChI=1S/C15H15NO3S/c17-20(11-12-4-1-2-7-16-12)13-5-6-14-15(10-13)19-9-3-8-18-14/h1-2,4-7,10H,3,8-9,11H2/t20-/m1/s1. The van der Waals surface area contributed by atoms with E-state index in [2.05, 4.69) is 4.98 Å². The van der Waals surface area contributed by atoms with Crippen LogP contribution < -0.4 is 9.47 Å². The Balaban J connectivity index is 1.80. The van der Waals surface area contributed by atoms with Gasteiger partial charge in [-0.2, -0.15) is 0 Å². The van der Waals surface area contributed by atoms with Crippen LogP contribution in [0.5, 0.6) is 11.5 Å². The molecule has 2 aromatic rings. The highest BCUT2D eigenvalue weighted by Crippen LogP contribution is 2.31. The lowest BCUT2D eigenvalue weighted by atomic mass is 10.3. The molecule has 0 saturated heterocycles. The summed E-state index contributed by atoms with van der Waals surface area (Å²) >= 11 is 0. The van der Waals surface area contributed by atoms with E-state index in [1.807, 2.05) is 30.3 Å². The molecule has 4 nitrogen and oxygen atoms in total. The third kappa shape index (κ3) is 2.99. The van der Waals surface area contributed by atoms with E-state index in [1.54, 1.807) is 12.3 Å². The molecule has 0 unspecified atom stereocenters. The molecule has 2 heterocycles. The third-order valence-electron chi connectivity index (χ3n) is 2.99. The number of fused-ring (bicyclic) bond motifs is 1. The monoisotopic (exact) mass is 289 g/mol. The lowest BCUT2D eigenvalue weighted by Gasteiger charge is -2.09. The molecule has 20 heavy (non-hydrogen) atoms. The second kappa shape index (κ2) is 6.05. The number of hydrogen-bond acceptors (Lipinski definition) is 4. The zero-order valence-electron chi connectivity index (χ0n) is 11.0. The Labute approximate surface area is 120 Å². The number of pyridine rings is 1. The number of hydrogen-bond donors (Lipinski definition) is 0. The van der Waals surface area contributed by atoms with Crippen molar-refractivity contribution in [2.45, 2.75) is 17.1 Å². The first-order chi connectivity index (χ1) is 9.83. The van der Waals surface area contributed by atoms with Crippen molar-refractivity contribution in [1.29, 1.82) is 0 Å². The van der Waals surface area contributed by atoms with Crippen molar-refractivity contribution in [2.75, 3.05) is 13.2 Å². The van der Waals surface area contributed by atoms with Crippen LogP contribution in [0.15, 0.2) is 47.5 Å². The molecule has 0 N–H and O–H groups in total. The van der Waals surface area contributed by atoms with Gasteiger partial charge in [-0.1, -0.05) is 6.07 Å². The summed E-state index contributed by atoms with van der Waals surface area (Å²) in [5.41, 5.74) is 0.818. The third-order valence-corrected chi connectivity index (χ3v) is 4.32. The highest BCUT2D eigenvalue weighted by atomic mass is 32.2. The molecule has 104 valence electrons. The van der Waals surface area contributed by atoms with Crippen LogP contribution in [0.25, 0.3) is 0 Å². The molecule has 0 saturated carbocycles. The number of nitrogens with zero attached hydrogens (tertiary/aromatic N) is 1. The van der Waals surface area contributed by atoms with E-state index >= 15 is 0 Å². The lowest BCUT2D eigenvalue weighted by Crippen LogP contribution is -2.00. The van der Waals surface area contributed by atoms with Crippen molar-refractivity contribution in [2.24, 2.45) is 0 Å². The Bertz CT molecular complexity index is 616. The van der Waals surface area contributed by atoms with Gasteiger partial charge in [-0.3, -0.25) is 9.19 Å². The number of benzene rings is 1. The second-order valence-electron chi connectivity index (χ2n) is 4.47. The van der Waals surface area contributed by atoms with Gasteiger partial charge in [0, 0.05) is 23.6 Å². The zero-order valence-corrected chi connectivity index (χ0v) is 11.8. The van der Waals surface area contributed by atoms with Crippen molar-refractivity contribution >= 4 is 10.8 Å². The summed E-state index contributed by atoms with van der Waals surface area (Å²) in [4.78, 5) is 4.93. The van der Waals surface area contributed by atoms with Gasteiger partial charge in [0.15, 0.2) is 11.5 Å². The van der Waals surface area contributed by atoms with Crippen molar-refractivity contribution in [3.05, 3.63) is 48.3 Å². The first-order valence-corrected chi connectivity index (χ1v) is 7.83. The Hall–Kier alpha value is -1.88. The SMILES string of the molecule is O=[S@](Cc1ccccn1)c1ccc2c(c1)OCCCO2. The Morgan fingerprint density at radius 3 is 2.75 bits per heavy atom. The van der Waals surface area contributed by atoms with E-state index < -0.39 is 10.8 Å². The van der Waals surface area contributed by atoms with Crippen molar-refractivity contribution in [3.8, 4) is 11.5 Å². The van der Waals surface area contributed by atoms with Gasteiger partial charge >= 0.3 is 0 Å². The Morgan fingerprint density at radius 1 is 1.10 bits per heavy atom. The van der Waals surface area contributed by atoms with Gasteiger partial charge in [0.2, 0.25) is 0 Å². The van der Waals surface area contributed by atoms with Crippen LogP contribution in [-0.2, 0) is 16.6 Å². The van der Waals surface area contributed by atoms with Crippen molar-refractivity contribution < 1.29 is 13.7 Å². The average molecular weight is 289 g/mol. The van der Waals surface area contributed by atoms with E-state index in [9.17, 15) is 4.21 Å². The predicted octanol–water partition coefficient (Wildman–Crippen LogP) is 2.55. The fourth-order valence-electron chi connectivity index (χ4n) is 1.99. The van der Waals surface area contributed by atoms with Crippen LogP contribution in [0.2, 0.25) is 0 Å². The molecule has 0 amide bonds. The highest BCUT2D eigenvalue weighted by molar-refractivity contribution is 7.84. The van der Waals surface area contributed by atoms with Gasteiger partial charge in [0.1, 0.15) is 0 Å². The van der Waals surface area contributed by atoms with Crippen molar-refractivity contribution in [1.82, 2.24) is 4.98 Å². The Morgan fingerprint density at radius 2 is 1.95 bits per heavy atom. The maximum absolute atomic E-state index is 12.4.